The highest BCUT2D eigenvalue weighted by Crippen LogP contribution is 2.43. The highest BCUT2D eigenvalue weighted by atomic mass is 35.5. The van der Waals surface area contributed by atoms with Crippen LogP contribution < -0.4 is 25.7 Å². The first kappa shape index (κ1) is 35.5. The normalized spacial score (nSPS) is 14.4. The number of Topliss-reactive ketones (excluding diaryl/α,β-unsaturated/α-hetero) is 1. The van der Waals surface area contributed by atoms with Crippen LogP contribution in [0.1, 0.15) is 49.4 Å². The summed E-state index contributed by atoms with van der Waals surface area (Å²) in [6.07, 6.45) is 7.12. The fourth-order valence-corrected chi connectivity index (χ4v) is 9.88. The third kappa shape index (κ3) is 7.29. The number of anilines is 2. The molecule has 4 aromatic rings. The summed E-state index contributed by atoms with van der Waals surface area (Å²) in [7, 11) is 5.87. The van der Waals surface area contributed by atoms with Crippen molar-refractivity contribution in [1.29, 1.82) is 0 Å². The SMILES string of the molecule is CN(C)c1ccc2c(c1)[Si](C)(C)C1=CC(=[N+](C)C)C=CC1=C2c1ccc(C(=O)CCc2ccc(COc3cc(Cl)nc(N)n3)cc2)cc1C(=O)[O-]. The Balaban J connectivity index is 1.28. The van der Waals surface area contributed by atoms with Gasteiger partial charge >= 0.3 is 0 Å². The highest BCUT2D eigenvalue weighted by molar-refractivity contribution is 6.98. The van der Waals surface area contributed by atoms with E-state index in [1.807, 2.05) is 52.5 Å². The van der Waals surface area contributed by atoms with Crippen molar-refractivity contribution >= 4 is 59.5 Å². The van der Waals surface area contributed by atoms with Crippen LogP contribution in [0.2, 0.25) is 18.2 Å². The van der Waals surface area contributed by atoms with Crippen LogP contribution in [-0.4, -0.2) is 68.3 Å². The molecule has 6 rings (SSSR count). The van der Waals surface area contributed by atoms with Crippen molar-refractivity contribution in [3.05, 3.63) is 134 Å². The predicted octanol–water partition coefficient (Wildman–Crippen LogP) is 5.02. The zero-order valence-electron chi connectivity index (χ0n) is 29.6. The van der Waals surface area contributed by atoms with E-state index in [9.17, 15) is 14.7 Å². The van der Waals surface area contributed by atoms with Gasteiger partial charge in [0, 0.05) is 55.5 Å². The number of nitrogen functional groups attached to an aromatic ring is 1. The van der Waals surface area contributed by atoms with Crippen LogP contribution in [0, 0.1) is 0 Å². The Morgan fingerprint density at radius 1 is 0.941 bits per heavy atom. The van der Waals surface area contributed by atoms with E-state index in [4.69, 9.17) is 22.1 Å². The molecule has 0 unspecified atom stereocenters. The lowest BCUT2D eigenvalue weighted by Gasteiger charge is -2.38. The van der Waals surface area contributed by atoms with Crippen LogP contribution in [0.15, 0.2) is 95.7 Å². The van der Waals surface area contributed by atoms with Gasteiger partial charge in [0.15, 0.2) is 11.5 Å². The number of benzene rings is 3. The molecule has 1 aromatic heterocycles. The molecule has 0 saturated heterocycles. The van der Waals surface area contributed by atoms with Crippen LogP contribution in [0.5, 0.6) is 5.88 Å². The Kier molecular flexibility index (Phi) is 9.83. The molecule has 260 valence electrons. The lowest BCUT2D eigenvalue weighted by atomic mass is 9.86. The Bertz CT molecular complexity index is 2180. The van der Waals surface area contributed by atoms with Crippen molar-refractivity contribution in [1.82, 2.24) is 9.97 Å². The molecule has 0 radical (unpaired) electrons. The van der Waals surface area contributed by atoms with Crippen LogP contribution >= 0.6 is 11.6 Å². The van der Waals surface area contributed by atoms with E-state index >= 15 is 0 Å². The van der Waals surface area contributed by atoms with Crippen molar-refractivity contribution in [2.75, 3.05) is 38.8 Å². The number of nitrogens with two attached hydrogens (primary N) is 1. The number of aromatic carboxylic acids is 1. The maximum atomic E-state index is 13.5. The van der Waals surface area contributed by atoms with E-state index < -0.39 is 14.0 Å². The minimum absolute atomic E-state index is 0.00132. The van der Waals surface area contributed by atoms with Gasteiger partial charge in [-0.05, 0) is 74.5 Å². The summed E-state index contributed by atoms with van der Waals surface area (Å²) in [5.41, 5.74) is 13.4. The Morgan fingerprint density at radius 3 is 2.31 bits per heavy atom. The van der Waals surface area contributed by atoms with Crippen molar-refractivity contribution in [2.24, 2.45) is 0 Å². The molecule has 2 N–H and O–H groups in total. The lowest BCUT2D eigenvalue weighted by molar-refractivity contribution is -0.462. The molecule has 0 saturated carbocycles. The number of aromatic nitrogens is 2. The topological polar surface area (TPSA) is 124 Å². The van der Waals surface area contributed by atoms with Gasteiger partial charge in [-0.1, -0.05) is 67.2 Å². The third-order valence-corrected chi connectivity index (χ3v) is 13.2. The number of carbonyl (C=O) groups excluding carboxylic acids is 2. The van der Waals surface area contributed by atoms with E-state index in [0.29, 0.717) is 17.5 Å². The van der Waals surface area contributed by atoms with Crippen molar-refractivity contribution in [3.63, 3.8) is 0 Å². The smallest absolute Gasteiger partial charge is 0.224 e. The molecule has 1 aliphatic carbocycles. The molecular formula is C40H40ClN5O4Si. The molecule has 9 nitrogen and oxygen atoms in total. The van der Waals surface area contributed by atoms with Gasteiger partial charge in [0.25, 0.3) is 0 Å². The molecule has 3 aromatic carbocycles. The minimum atomic E-state index is -2.22. The predicted molar refractivity (Wildman–Crippen MR) is 204 cm³/mol. The zero-order chi connectivity index (χ0) is 36.6. The lowest BCUT2D eigenvalue weighted by Crippen LogP contribution is -2.50. The molecule has 0 spiro atoms. The van der Waals surface area contributed by atoms with E-state index in [1.165, 1.54) is 22.5 Å². The van der Waals surface area contributed by atoms with Gasteiger partial charge in [-0.25, -0.2) is 9.56 Å². The first-order valence-electron chi connectivity index (χ1n) is 16.6. The van der Waals surface area contributed by atoms with Gasteiger partial charge in [-0.15, -0.1) is 0 Å². The molecule has 11 heteroatoms. The number of carboxylic acids is 1. The number of hydrogen-bond donors (Lipinski definition) is 1. The van der Waals surface area contributed by atoms with E-state index in [0.717, 1.165) is 39.2 Å². The summed E-state index contributed by atoms with van der Waals surface area (Å²) in [5.74, 6) is -1.16. The number of fused-ring (bicyclic) bond motifs is 2. The second kappa shape index (κ2) is 14.1. The number of ether oxygens (including phenoxy) is 1. The van der Waals surface area contributed by atoms with Gasteiger partial charge < -0.3 is 25.3 Å². The van der Waals surface area contributed by atoms with Crippen LogP contribution in [0.4, 0.5) is 11.6 Å². The molecule has 0 fully saturated rings. The number of carboxylic acid groups (broad SMARTS) is 1. The van der Waals surface area contributed by atoms with E-state index in [1.54, 1.807) is 12.1 Å². The maximum Gasteiger partial charge on any atom is 0.224 e. The number of halogens is 1. The minimum Gasteiger partial charge on any atom is -0.545 e. The second-order valence-electron chi connectivity index (χ2n) is 13.7. The van der Waals surface area contributed by atoms with Gasteiger partial charge in [0.1, 0.15) is 33.9 Å². The summed E-state index contributed by atoms with van der Waals surface area (Å²) in [6.45, 7) is 4.94. The van der Waals surface area contributed by atoms with Crippen molar-refractivity contribution in [3.8, 4) is 5.88 Å². The van der Waals surface area contributed by atoms with Crippen LogP contribution in [-0.2, 0) is 13.0 Å². The summed E-state index contributed by atoms with van der Waals surface area (Å²) in [5, 5.41) is 15.5. The number of hydrogen-bond acceptors (Lipinski definition) is 8. The molecule has 2 aliphatic rings. The monoisotopic (exact) mass is 717 g/mol. The Hall–Kier alpha value is -5.32. The molecule has 0 amide bonds. The number of carbonyl (C=O) groups is 2. The number of ketones is 1. The first-order chi connectivity index (χ1) is 24.2. The van der Waals surface area contributed by atoms with E-state index in [-0.39, 0.29) is 41.4 Å². The second-order valence-corrected chi connectivity index (χ2v) is 18.4. The fraction of sp³-hybridized carbons (Fsp3) is 0.225. The number of nitrogens with zero attached hydrogens (tertiary/aromatic N) is 4. The largest absolute Gasteiger partial charge is 0.545 e. The number of allylic oxidation sites excluding steroid dienone is 5. The van der Waals surface area contributed by atoms with Gasteiger partial charge in [-0.2, -0.15) is 4.98 Å². The average Bonchev–Trinajstić information content (AvgIpc) is 3.09. The fourth-order valence-electron chi connectivity index (χ4n) is 6.63. The highest BCUT2D eigenvalue weighted by Gasteiger charge is 2.40. The number of rotatable bonds is 10. The molecule has 0 bridgehead atoms. The van der Waals surface area contributed by atoms with Crippen molar-refractivity contribution in [2.45, 2.75) is 32.5 Å². The van der Waals surface area contributed by atoms with Crippen LogP contribution in [0.3, 0.4) is 0 Å². The van der Waals surface area contributed by atoms with Gasteiger partial charge in [-0.3, -0.25) is 4.79 Å². The van der Waals surface area contributed by atoms with Crippen LogP contribution in [0.25, 0.3) is 5.57 Å². The Morgan fingerprint density at radius 2 is 1.65 bits per heavy atom. The van der Waals surface area contributed by atoms with E-state index in [2.05, 4.69) is 69.0 Å². The van der Waals surface area contributed by atoms with Crippen molar-refractivity contribution < 1.29 is 24.0 Å². The Labute approximate surface area is 304 Å². The van der Waals surface area contributed by atoms with Gasteiger partial charge in [0.2, 0.25) is 11.8 Å². The zero-order valence-corrected chi connectivity index (χ0v) is 31.3. The third-order valence-electron chi connectivity index (χ3n) is 9.49. The molecule has 0 atom stereocenters. The molecule has 2 heterocycles. The standard InChI is InChI=1S/C40H40ClN5O4Si/c1-45(2)27-13-16-30-34(20-27)51(5,6)35-21-28(46(3)4)14-17-31(35)38(30)29-15-12-26(19-32(29)39(48)49)33(47)18-11-24-7-9-25(10-8-24)23-50-37-22-36(41)43-40(42)44-37/h7-10,12-17,19-22H,11,18,23H2,1-6H3,(H2-,42,43,44,48,49). The quantitative estimate of drug-likeness (QED) is 0.105. The summed E-state index contributed by atoms with van der Waals surface area (Å²) in [4.78, 5) is 36.2. The van der Waals surface area contributed by atoms with Gasteiger partial charge in [0.05, 0.1) is 5.97 Å². The summed E-state index contributed by atoms with van der Waals surface area (Å²) >= 11 is 5.92. The number of aryl methyl sites for hydroxylation is 1. The summed E-state index contributed by atoms with van der Waals surface area (Å²) in [6, 6.07) is 20.6. The molecular weight excluding hydrogens is 678 g/mol. The molecule has 1 aliphatic heterocycles. The summed E-state index contributed by atoms with van der Waals surface area (Å²) < 4.78 is 7.77. The molecule has 51 heavy (non-hydrogen) atoms. The average molecular weight is 718 g/mol. The maximum absolute atomic E-state index is 13.5. The first-order valence-corrected chi connectivity index (χ1v) is 20.0.